The van der Waals surface area contributed by atoms with Crippen LogP contribution in [0.25, 0.3) is 0 Å². The number of hydrogen-bond acceptors (Lipinski definition) is 3. The smallest absolute Gasteiger partial charge is 0.229 e. The summed E-state index contributed by atoms with van der Waals surface area (Å²) in [7, 11) is -3.25. The summed E-state index contributed by atoms with van der Waals surface area (Å²) in [5.74, 6) is 0.659. The Morgan fingerprint density at radius 3 is 2.44 bits per heavy atom. The molecule has 0 aromatic heterocycles. The van der Waals surface area contributed by atoms with Gasteiger partial charge in [-0.05, 0) is 32.4 Å². The molecule has 0 aliphatic heterocycles. The van der Waals surface area contributed by atoms with Crippen molar-refractivity contribution in [3.8, 4) is 5.75 Å². The van der Waals surface area contributed by atoms with Crippen LogP contribution in [-0.4, -0.2) is 20.8 Å². The molecular formula is C11H17NO3S. The lowest BCUT2D eigenvalue weighted by Crippen LogP contribution is -2.11. The number of sulfonamides is 1. The maximum Gasteiger partial charge on any atom is 0.229 e. The monoisotopic (exact) mass is 243 g/mol. The molecule has 0 atom stereocenters. The van der Waals surface area contributed by atoms with Crippen LogP contribution in [0.4, 0.5) is 5.69 Å². The topological polar surface area (TPSA) is 55.4 Å². The lowest BCUT2D eigenvalue weighted by Gasteiger charge is -2.13. The normalized spacial score (nSPS) is 11.6. The summed E-state index contributed by atoms with van der Waals surface area (Å²) in [5.41, 5.74) is 1.42. The van der Waals surface area contributed by atoms with Crippen LogP contribution >= 0.6 is 0 Å². The molecule has 0 amide bonds. The minimum atomic E-state index is -3.25. The van der Waals surface area contributed by atoms with Crippen LogP contribution in [-0.2, 0) is 10.0 Å². The highest BCUT2D eigenvalue weighted by Crippen LogP contribution is 2.23. The summed E-state index contributed by atoms with van der Waals surface area (Å²) in [6.45, 7) is 5.68. The first-order valence-electron chi connectivity index (χ1n) is 5.03. The average Bonchev–Trinajstić information content (AvgIpc) is 2.07. The van der Waals surface area contributed by atoms with Crippen molar-refractivity contribution in [1.29, 1.82) is 0 Å². The minimum absolute atomic E-state index is 0.0637. The molecule has 0 aliphatic carbocycles. The number of aryl methyl sites for hydroxylation is 1. The molecule has 1 rings (SSSR count). The molecule has 0 saturated carbocycles. The van der Waals surface area contributed by atoms with Gasteiger partial charge in [0.05, 0.1) is 18.0 Å². The molecule has 1 N–H and O–H groups in total. The second-order valence-electron chi connectivity index (χ2n) is 4.02. The highest BCUT2D eigenvalue weighted by atomic mass is 32.2. The molecule has 0 saturated heterocycles. The minimum Gasteiger partial charge on any atom is -0.491 e. The van der Waals surface area contributed by atoms with E-state index in [2.05, 4.69) is 4.72 Å². The zero-order valence-corrected chi connectivity index (χ0v) is 10.8. The van der Waals surface area contributed by atoms with E-state index in [1.54, 1.807) is 6.07 Å². The predicted octanol–water partition coefficient (Wildman–Crippen LogP) is 2.15. The van der Waals surface area contributed by atoms with Crippen molar-refractivity contribution in [2.24, 2.45) is 0 Å². The second kappa shape index (κ2) is 4.74. The lowest BCUT2D eigenvalue weighted by molar-refractivity contribution is 0.242. The molecule has 0 fully saturated rings. The maximum atomic E-state index is 11.1. The summed E-state index contributed by atoms with van der Waals surface area (Å²) in [6, 6.07) is 5.34. The average molecular weight is 243 g/mol. The van der Waals surface area contributed by atoms with Crippen molar-refractivity contribution in [3.63, 3.8) is 0 Å². The molecule has 0 heterocycles. The van der Waals surface area contributed by atoms with Gasteiger partial charge in [-0.15, -0.1) is 0 Å². The quantitative estimate of drug-likeness (QED) is 0.881. The van der Waals surface area contributed by atoms with Gasteiger partial charge in [-0.1, -0.05) is 6.07 Å². The van der Waals surface area contributed by atoms with Gasteiger partial charge < -0.3 is 4.74 Å². The third-order valence-corrected chi connectivity index (χ3v) is 2.47. The Hall–Kier alpha value is -1.23. The number of anilines is 1. The van der Waals surface area contributed by atoms with E-state index < -0.39 is 10.0 Å². The Bertz CT molecular complexity index is 466. The van der Waals surface area contributed by atoms with E-state index in [0.29, 0.717) is 11.4 Å². The van der Waals surface area contributed by atoms with Crippen LogP contribution in [0.5, 0.6) is 5.75 Å². The predicted molar refractivity (Wildman–Crippen MR) is 65.4 cm³/mol. The van der Waals surface area contributed by atoms with Crippen LogP contribution in [0.15, 0.2) is 18.2 Å². The SMILES string of the molecule is Cc1ccc(OC(C)C)cc1NS(C)(=O)=O. The van der Waals surface area contributed by atoms with Crippen molar-refractivity contribution in [3.05, 3.63) is 23.8 Å². The first-order valence-corrected chi connectivity index (χ1v) is 6.92. The number of nitrogens with one attached hydrogen (secondary N) is 1. The number of hydrogen-bond donors (Lipinski definition) is 1. The third kappa shape index (κ3) is 4.10. The lowest BCUT2D eigenvalue weighted by atomic mass is 10.2. The molecule has 0 spiro atoms. The van der Waals surface area contributed by atoms with Crippen molar-refractivity contribution in [2.75, 3.05) is 11.0 Å². The molecule has 0 bridgehead atoms. The molecular weight excluding hydrogens is 226 g/mol. The Labute approximate surface area is 96.7 Å². The van der Waals surface area contributed by atoms with Crippen LogP contribution in [0.2, 0.25) is 0 Å². The number of ether oxygens (including phenoxy) is 1. The van der Waals surface area contributed by atoms with Gasteiger partial charge in [0.15, 0.2) is 0 Å². The van der Waals surface area contributed by atoms with E-state index in [9.17, 15) is 8.42 Å². The molecule has 1 aromatic rings. The van der Waals surface area contributed by atoms with Gasteiger partial charge in [0, 0.05) is 6.07 Å². The van der Waals surface area contributed by atoms with E-state index in [1.807, 2.05) is 32.9 Å². The summed E-state index contributed by atoms with van der Waals surface area (Å²) in [5, 5.41) is 0. The van der Waals surface area contributed by atoms with E-state index in [4.69, 9.17) is 4.74 Å². The van der Waals surface area contributed by atoms with E-state index in [0.717, 1.165) is 11.8 Å². The van der Waals surface area contributed by atoms with Gasteiger partial charge >= 0.3 is 0 Å². The Kier molecular flexibility index (Phi) is 3.80. The first-order chi connectivity index (χ1) is 7.28. The molecule has 0 unspecified atom stereocenters. The van der Waals surface area contributed by atoms with E-state index >= 15 is 0 Å². The van der Waals surface area contributed by atoms with Crippen LogP contribution < -0.4 is 9.46 Å². The van der Waals surface area contributed by atoms with Gasteiger partial charge in [0.25, 0.3) is 0 Å². The van der Waals surface area contributed by atoms with Crippen molar-refractivity contribution in [2.45, 2.75) is 26.9 Å². The largest absolute Gasteiger partial charge is 0.491 e. The van der Waals surface area contributed by atoms with Crippen LogP contribution in [0, 0.1) is 6.92 Å². The summed E-state index contributed by atoms with van der Waals surface area (Å²) < 4.78 is 30.2. The zero-order chi connectivity index (χ0) is 12.3. The van der Waals surface area contributed by atoms with Crippen LogP contribution in [0.1, 0.15) is 19.4 Å². The van der Waals surface area contributed by atoms with Gasteiger partial charge in [0.1, 0.15) is 5.75 Å². The number of benzene rings is 1. The molecule has 0 radical (unpaired) electrons. The van der Waals surface area contributed by atoms with Crippen molar-refractivity contribution in [1.82, 2.24) is 0 Å². The fraction of sp³-hybridized carbons (Fsp3) is 0.455. The van der Waals surface area contributed by atoms with Gasteiger partial charge in [-0.2, -0.15) is 0 Å². The Morgan fingerprint density at radius 1 is 1.31 bits per heavy atom. The van der Waals surface area contributed by atoms with Crippen LogP contribution in [0.3, 0.4) is 0 Å². The Balaban J connectivity index is 2.99. The molecule has 5 heteroatoms. The third-order valence-electron chi connectivity index (χ3n) is 1.88. The van der Waals surface area contributed by atoms with E-state index in [-0.39, 0.29) is 6.10 Å². The standard InChI is InChI=1S/C11H17NO3S/c1-8(2)15-10-6-5-9(3)11(7-10)12-16(4,13)14/h5-8,12H,1-4H3. The fourth-order valence-corrected chi connectivity index (χ4v) is 1.88. The van der Waals surface area contributed by atoms with Gasteiger partial charge in [-0.25, -0.2) is 8.42 Å². The highest BCUT2D eigenvalue weighted by molar-refractivity contribution is 7.92. The van der Waals surface area contributed by atoms with E-state index in [1.165, 1.54) is 0 Å². The summed E-state index contributed by atoms with van der Waals surface area (Å²) in [6.07, 6.45) is 1.19. The maximum absolute atomic E-state index is 11.1. The van der Waals surface area contributed by atoms with Gasteiger partial charge in [-0.3, -0.25) is 4.72 Å². The first kappa shape index (κ1) is 12.8. The zero-order valence-electron chi connectivity index (χ0n) is 9.94. The Morgan fingerprint density at radius 2 is 1.94 bits per heavy atom. The fourth-order valence-electron chi connectivity index (χ4n) is 1.26. The molecule has 1 aromatic carbocycles. The summed E-state index contributed by atoms with van der Waals surface area (Å²) >= 11 is 0. The second-order valence-corrected chi connectivity index (χ2v) is 5.77. The summed E-state index contributed by atoms with van der Waals surface area (Å²) in [4.78, 5) is 0. The molecule has 16 heavy (non-hydrogen) atoms. The number of rotatable bonds is 4. The van der Waals surface area contributed by atoms with Gasteiger partial charge in [0.2, 0.25) is 10.0 Å². The van der Waals surface area contributed by atoms with Crippen molar-refractivity contribution >= 4 is 15.7 Å². The molecule has 0 aliphatic rings. The molecule has 90 valence electrons. The molecule has 4 nitrogen and oxygen atoms in total. The highest BCUT2D eigenvalue weighted by Gasteiger charge is 2.07. The van der Waals surface area contributed by atoms with Crippen molar-refractivity contribution < 1.29 is 13.2 Å².